The van der Waals surface area contributed by atoms with E-state index in [1.807, 2.05) is 24.3 Å². The first kappa shape index (κ1) is 18.1. The van der Waals surface area contributed by atoms with Gasteiger partial charge in [-0.2, -0.15) is 5.10 Å². The van der Waals surface area contributed by atoms with Gasteiger partial charge in [0.25, 0.3) is 5.91 Å². The fourth-order valence-electron chi connectivity index (χ4n) is 2.56. The van der Waals surface area contributed by atoms with E-state index in [1.165, 1.54) is 11.3 Å². The Hall–Kier alpha value is -2.68. The van der Waals surface area contributed by atoms with Crippen LogP contribution in [0.5, 0.6) is 0 Å². The van der Waals surface area contributed by atoms with Gasteiger partial charge in [-0.05, 0) is 19.1 Å². The quantitative estimate of drug-likeness (QED) is 0.783. The number of benzene rings is 1. The van der Waals surface area contributed by atoms with Crippen LogP contribution in [0.1, 0.15) is 19.8 Å². The van der Waals surface area contributed by atoms with Crippen molar-refractivity contribution < 1.29 is 14.3 Å². The Morgan fingerprint density at radius 3 is 2.81 bits per heavy atom. The summed E-state index contributed by atoms with van der Waals surface area (Å²) in [4.78, 5) is 29.6. The van der Waals surface area contributed by atoms with Crippen molar-refractivity contribution in [3.63, 3.8) is 0 Å². The molecular weight excluding hydrogens is 354 g/mol. The predicted molar refractivity (Wildman–Crippen MR) is 102 cm³/mol. The molecule has 9 heteroatoms. The Bertz CT molecular complexity index is 777. The van der Waals surface area contributed by atoms with Crippen LogP contribution in [0.25, 0.3) is 10.2 Å². The van der Waals surface area contributed by atoms with Gasteiger partial charge < -0.3 is 15.0 Å². The van der Waals surface area contributed by atoms with Crippen molar-refractivity contribution in [2.75, 3.05) is 31.6 Å². The van der Waals surface area contributed by atoms with E-state index in [-0.39, 0.29) is 18.5 Å². The Labute approximate surface area is 155 Å². The van der Waals surface area contributed by atoms with Crippen molar-refractivity contribution in [3.05, 3.63) is 24.3 Å². The number of hydrogen-bond donors (Lipinski definition) is 2. The van der Waals surface area contributed by atoms with Crippen molar-refractivity contribution in [2.45, 2.75) is 19.8 Å². The lowest BCUT2D eigenvalue weighted by Crippen LogP contribution is -2.39. The van der Waals surface area contributed by atoms with E-state index in [1.54, 1.807) is 11.8 Å². The molecule has 1 aliphatic heterocycles. The number of nitrogens with zero attached hydrogens (tertiary/aromatic N) is 3. The molecule has 1 aromatic carbocycles. The summed E-state index contributed by atoms with van der Waals surface area (Å²) in [5.74, 6) is -0.232. The fraction of sp³-hybridized carbons (Fsp3) is 0.412. The van der Waals surface area contributed by atoms with Crippen LogP contribution in [0.15, 0.2) is 29.4 Å². The molecule has 0 bridgehead atoms. The number of carbonyl (C=O) groups is 2. The third kappa shape index (κ3) is 4.69. The molecule has 26 heavy (non-hydrogen) atoms. The Morgan fingerprint density at radius 1 is 1.31 bits per heavy atom. The molecule has 0 spiro atoms. The third-order valence-electron chi connectivity index (χ3n) is 3.90. The van der Waals surface area contributed by atoms with Crippen LogP contribution in [0.2, 0.25) is 0 Å². The van der Waals surface area contributed by atoms with Crippen molar-refractivity contribution in [3.8, 4) is 0 Å². The number of hydrogen-bond acceptors (Lipinski definition) is 7. The number of ether oxygens (including phenoxy) is 1. The molecule has 138 valence electrons. The molecule has 2 aromatic rings. The van der Waals surface area contributed by atoms with Crippen molar-refractivity contribution in [1.29, 1.82) is 0 Å². The highest BCUT2D eigenvalue weighted by molar-refractivity contribution is 7.22. The number of amides is 2. The summed E-state index contributed by atoms with van der Waals surface area (Å²) < 4.78 is 6.05. The maximum Gasteiger partial charge on any atom is 0.409 e. The van der Waals surface area contributed by atoms with E-state index in [0.29, 0.717) is 37.7 Å². The normalized spacial score (nSPS) is 14.2. The Morgan fingerprint density at radius 2 is 2.08 bits per heavy atom. The first-order chi connectivity index (χ1) is 12.7. The zero-order chi connectivity index (χ0) is 18.4. The topological polar surface area (TPSA) is 95.9 Å². The van der Waals surface area contributed by atoms with Crippen LogP contribution in [0.4, 0.5) is 9.93 Å². The minimum absolute atomic E-state index is 0.103. The van der Waals surface area contributed by atoms with Gasteiger partial charge in [0.05, 0.1) is 23.4 Å². The molecule has 0 aliphatic carbocycles. The number of nitrogens with one attached hydrogen (secondary N) is 2. The summed E-state index contributed by atoms with van der Waals surface area (Å²) in [5.41, 5.74) is 4.34. The van der Waals surface area contributed by atoms with E-state index in [4.69, 9.17) is 4.74 Å². The monoisotopic (exact) mass is 375 g/mol. The van der Waals surface area contributed by atoms with Crippen LogP contribution in [0.3, 0.4) is 0 Å². The summed E-state index contributed by atoms with van der Waals surface area (Å²) in [6, 6.07) is 7.82. The van der Waals surface area contributed by atoms with E-state index < -0.39 is 0 Å². The highest BCUT2D eigenvalue weighted by Crippen LogP contribution is 2.24. The molecule has 1 fully saturated rings. The van der Waals surface area contributed by atoms with Crippen molar-refractivity contribution >= 4 is 44.4 Å². The summed E-state index contributed by atoms with van der Waals surface area (Å²) >= 11 is 1.50. The lowest BCUT2D eigenvalue weighted by atomic mass is 10.1. The molecule has 1 aliphatic rings. The smallest absolute Gasteiger partial charge is 0.409 e. The molecule has 0 radical (unpaired) electrons. The number of piperidine rings is 1. The Kier molecular flexibility index (Phi) is 6.00. The van der Waals surface area contributed by atoms with Gasteiger partial charge in [0.2, 0.25) is 0 Å². The van der Waals surface area contributed by atoms with Gasteiger partial charge in [0, 0.05) is 31.6 Å². The van der Waals surface area contributed by atoms with Gasteiger partial charge in [0.15, 0.2) is 5.13 Å². The average molecular weight is 375 g/mol. The fourth-order valence-corrected chi connectivity index (χ4v) is 3.42. The largest absolute Gasteiger partial charge is 0.450 e. The molecule has 0 saturated carbocycles. The molecule has 2 heterocycles. The number of anilines is 1. The van der Waals surface area contributed by atoms with Gasteiger partial charge >= 0.3 is 6.09 Å². The molecule has 8 nitrogen and oxygen atoms in total. The number of hydrazone groups is 1. The SMILES string of the molecule is CCOC(=O)N1CCC(=NNC(=O)CNc2nc3ccccc3s2)CC1. The van der Waals surface area contributed by atoms with E-state index in [2.05, 4.69) is 20.8 Å². The molecule has 0 unspecified atom stereocenters. The van der Waals surface area contributed by atoms with Crippen molar-refractivity contribution in [1.82, 2.24) is 15.3 Å². The maximum atomic E-state index is 11.9. The minimum atomic E-state index is -0.296. The highest BCUT2D eigenvalue weighted by atomic mass is 32.1. The van der Waals surface area contributed by atoms with Crippen LogP contribution in [0, 0.1) is 0 Å². The van der Waals surface area contributed by atoms with Gasteiger partial charge in [-0.25, -0.2) is 15.2 Å². The molecule has 0 atom stereocenters. The highest BCUT2D eigenvalue weighted by Gasteiger charge is 2.20. The maximum absolute atomic E-state index is 11.9. The van der Waals surface area contributed by atoms with E-state index in [0.717, 1.165) is 15.9 Å². The second-order valence-electron chi connectivity index (χ2n) is 5.74. The second-order valence-corrected chi connectivity index (χ2v) is 6.77. The van der Waals surface area contributed by atoms with E-state index in [9.17, 15) is 9.59 Å². The zero-order valence-corrected chi connectivity index (χ0v) is 15.3. The number of aromatic nitrogens is 1. The minimum Gasteiger partial charge on any atom is -0.450 e. The number of carbonyl (C=O) groups excluding carboxylic acids is 2. The number of fused-ring (bicyclic) bond motifs is 1. The summed E-state index contributed by atoms with van der Waals surface area (Å²) in [6.07, 6.45) is 0.963. The predicted octanol–water partition coefficient (Wildman–Crippen LogP) is 2.43. The van der Waals surface area contributed by atoms with Gasteiger partial charge in [-0.1, -0.05) is 23.5 Å². The molecule has 3 rings (SSSR count). The van der Waals surface area contributed by atoms with Crippen LogP contribution >= 0.6 is 11.3 Å². The van der Waals surface area contributed by atoms with Gasteiger partial charge in [-0.3, -0.25) is 4.79 Å². The lowest BCUT2D eigenvalue weighted by molar-refractivity contribution is -0.119. The molecule has 2 N–H and O–H groups in total. The Balaban J connectivity index is 1.42. The molecule has 1 aromatic heterocycles. The number of para-hydroxylation sites is 1. The van der Waals surface area contributed by atoms with Crippen molar-refractivity contribution in [2.24, 2.45) is 5.10 Å². The summed E-state index contributed by atoms with van der Waals surface area (Å²) in [7, 11) is 0. The summed E-state index contributed by atoms with van der Waals surface area (Å²) in [6.45, 7) is 3.36. The van der Waals surface area contributed by atoms with Gasteiger partial charge in [-0.15, -0.1) is 0 Å². The van der Waals surface area contributed by atoms with E-state index >= 15 is 0 Å². The first-order valence-corrected chi connectivity index (χ1v) is 9.32. The molecular formula is C17H21N5O3S. The summed E-state index contributed by atoms with van der Waals surface area (Å²) in [5, 5.41) is 7.88. The van der Waals surface area contributed by atoms with Gasteiger partial charge in [0.1, 0.15) is 0 Å². The number of thiazole rings is 1. The lowest BCUT2D eigenvalue weighted by Gasteiger charge is -2.26. The third-order valence-corrected chi connectivity index (χ3v) is 4.89. The molecule has 1 saturated heterocycles. The standard InChI is InChI=1S/C17H21N5O3S/c1-2-25-17(24)22-9-7-12(8-10-22)20-21-15(23)11-18-16-19-13-5-3-4-6-14(13)26-16/h3-6H,2,7-11H2,1H3,(H,18,19)(H,21,23). The molecule has 2 amide bonds. The van der Waals surface area contributed by atoms with Crippen LogP contribution < -0.4 is 10.7 Å². The second kappa shape index (κ2) is 8.61. The average Bonchev–Trinajstić information content (AvgIpc) is 3.08. The zero-order valence-electron chi connectivity index (χ0n) is 14.5. The number of likely N-dealkylation sites (tertiary alicyclic amines) is 1. The van der Waals surface area contributed by atoms with Crippen LogP contribution in [-0.4, -0.2) is 53.8 Å². The van der Waals surface area contributed by atoms with Crippen LogP contribution in [-0.2, 0) is 9.53 Å². The number of rotatable bonds is 5. The first-order valence-electron chi connectivity index (χ1n) is 8.51.